The van der Waals surface area contributed by atoms with Gasteiger partial charge in [0.15, 0.2) is 0 Å². The van der Waals surface area contributed by atoms with Crippen LogP contribution < -0.4 is 0 Å². The lowest BCUT2D eigenvalue weighted by Gasteiger charge is -2.48. The SMILES string of the molecule is O=C(O)C1(CC2CO2)CCCCC1(CC1CO1)C(=O)O.O=C(O)C1(CC2CO2)CCCCC1(CC1CO1)C(=O)O. The van der Waals surface area contributed by atoms with Crippen molar-refractivity contribution in [2.45, 2.75) is 101 Å². The van der Waals surface area contributed by atoms with Gasteiger partial charge in [0.2, 0.25) is 0 Å². The number of carboxylic acid groups (broad SMARTS) is 4. The first-order valence-corrected chi connectivity index (χ1v) is 14.4. The molecule has 6 rings (SSSR count). The van der Waals surface area contributed by atoms with Crippen LogP contribution in [0.3, 0.4) is 0 Å². The molecule has 12 heteroatoms. The van der Waals surface area contributed by atoms with Crippen molar-refractivity contribution in [1.82, 2.24) is 0 Å². The molecular weight excluding hydrogens is 528 g/mol. The lowest BCUT2D eigenvalue weighted by molar-refractivity contribution is -0.183. The summed E-state index contributed by atoms with van der Waals surface area (Å²) in [6, 6.07) is 0. The van der Waals surface area contributed by atoms with Gasteiger partial charge in [-0.2, -0.15) is 0 Å². The van der Waals surface area contributed by atoms with Gasteiger partial charge >= 0.3 is 23.9 Å². The molecule has 4 heterocycles. The van der Waals surface area contributed by atoms with Gasteiger partial charge in [0, 0.05) is 0 Å². The molecule has 4 saturated heterocycles. The van der Waals surface area contributed by atoms with Crippen molar-refractivity contribution in [1.29, 1.82) is 0 Å². The summed E-state index contributed by atoms with van der Waals surface area (Å²) < 4.78 is 20.8. The van der Waals surface area contributed by atoms with E-state index in [1.54, 1.807) is 0 Å². The number of aliphatic carboxylic acids is 4. The molecule has 2 saturated carbocycles. The number of hydrogen-bond acceptors (Lipinski definition) is 8. The predicted octanol–water partition coefficient (Wildman–Crippen LogP) is 2.56. The molecule has 8 atom stereocenters. The average Bonchev–Trinajstić information content (AvgIpc) is 3.73. The minimum Gasteiger partial charge on any atom is -0.481 e. The minimum atomic E-state index is -1.22. The Kier molecular flexibility index (Phi) is 7.92. The van der Waals surface area contributed by atoms with E-state index < -0.39 is 45.5 Å². The van der Waals surface area contributed by atoms with E-state index in [4.69, 9.17) is 18.9 Å². The van der Waals surface area contributed by atoms with Gasteiger partial charge in [-0.15, -0.1) is 0 Å². The Balaban J connectivity index is 0.000000161. The van der Waals surface area contributed by atoms with Crippen molar-refractivity contribution in [3.05, 3.63) is 0 Å². The molecule has 0 aromatic heterocycles. The lowest BCUT2D eigenvalue weighted by Crippen LogP contribution is -2.55. The van der Waals surface area contributed by atoms with Crippen LogP contribution in [-0.4, -0.2) is 95.1 Å². The topological polar surface area (TPSA) is 199 Å². The zero-order valence-corrected chi connectivity index (χ0v) is 22.7. The molecule has 6 fully saturated rings. The van der Waals surface area contributed by atoms with Crippen LogP contribution in [0, 0.1) is 21.7 Å². The molecule has 4 N–H and O–H groups in total. The third kappa shape index (κ3) is 5.35. The molecule has 0 aromatic carbocycles. The fourth-order valence-electron chi connectivity index (χ4n) is 7.75. The highest BCUT2D eigenvalue weighted by molar-refractivity contribution is 5.88. The number of carbonyl (C=O) groups is 4. The molecule has 6 aliphatic rings. The molecular formula is C28H40O12. The fraction of sp³-hybridized carbons (Fsp3) is 0.857. The normalized spacial score (nSPS) is 43.0. The Morgan fingerprint density at radius 3 is 0.750 bits per heavy atom. The Bertz CT molecular complexity index is 855. The van der Waals surface area contributed by atoms with Gasteiger partial charge in [-0.25, -0.2) is 0 Å². The first kappa shape index (κ1) is 29.2. The maximum atomic E-state index is 12.0. The number of carboxylic acids is 4. The number of ether oxygens (including phenoxy) is 4. The van der Waals surface area contributed by atoms with E-state index in [-0.39, 0.29) is 24.4 Å². The summed E-state index contributed by atoms with van der Waals surface area (Å²) in [6.07, 6.45) is 5.58. The summed E-state index contributed by atoms with van der Waals surface area (Å²) in [5.41, 5.74) is -4.87. The van der Waals surface area contributed by atoms with Crippen LogP contribution in [0.15, 0.2) is 0 Å². The van der Waals surface area contributed by atoms with Crippen LogP contribution in [0.4, 0.5) is 0 Å². The maximum Gasteiger partial charge on any atom is 0.310 e. The molecule has 8 unspecified atom stereocenters. The van der Waals surface area contributed by atoms with E-state index >= 15 is 0 Å². The zero-order chi connectivity index (χ0) is 28.8. The summed E-state index contributed by atoms with van der Waals surface area (Å²) in [6.45, 7) is 2.19. The quantitative estimate of drug-likeness (QED) is 0.251. The molecule has 40 heavy (non-hydrogen) atoms. The molecule has 0 spiro atoms. The molecule has 0 radical (unpaired) electrons. The van der Waals surface area contributed by atoms with E-state index in [9.17, 15) is 39.6 Å². The largest absolute Gasteiger partial charge is 0.481 e. The van der Waals surface area contributed by atoms with Gasteiger partial charge in [0.25, 0.3) is 0 Å². The highest BCUT2D eigenvalue weighted by Gasteiger charge is 2.66. The molecule has 2 aliphatic carbocycles. The van der Waals surface area contributed by atoms with E-state index in [0.717, 1.165) is 25.7 Å². The van der Waals surface area contributed by atoms with Gasteiger partial charge < -0.3 is 39.4 Å². The molecule has 12 nitrogen and oxygen atoms in total. The zero-order valence-electron chi connectivity index (χ0n) is 22.7. The van der Waals surface area contributed by atoms with Crippen LogP contribution in [0.2, 0.25) is 0 Å². The van der Waals surface area contributed by atoms with E-state index in [0.29, 0.717) is 77.8 Å². The summed E-state index contributed by atoms with van der Waals surface area (Å²) in [4.78, 5) is 48.0. The van der Waals surface area contributed by atoms with Crippen molar-refractivity contribution >= 4 is 23.9 Å². The molecule has 224 valence electrons. The van der Waals surface area contributed by atoms with Gasteiger partial charge in [0.05, 0.1) is 72.5 Å². The van der Waals surface area contributed by atoms with Crippen molar-refractivity contribution in [2.24, 2.45) is 21.7 Å². The van der Waals surface area contributed by atoms with E-state index in [1.807, 2.05) is 0 Å². The third-order valence-corrected chi connectivity index (χ3v) is 10.3. The third-order valence-electron chi connectivity index (χ3n) is 10.3. The minimum absolute atomic E-state index is 0.0944. The second kappa shape index (κ2) is 10.8. The van der Waals surface area contributed by atoms with Crippen LogP contribution >= 0.6 is 0 Å². The second-order valence-electron chi connectivity index (χ2n) is 12.6. The highest BCUT2D eigenvalue weighted by Crippen LogP contribution is 2.59. The Hall–Kier alpha value is -2.28. The monoisotopic (exact) mass is 568 g/mol. The summed E-state index contributed by atoms with van der Waals surface area (Å²) in [5, 5.41) is 39.3. The maximum absolute atomic E-state index is 12.0. The van der Waals surface area contributed by atoms with Crippen molar-refractivity contribution in [3.63, 3.8) is 0 Å². The fourth-order valence-corrected chi connectivity index (χ4v) is 7.75. The van der Waals surface area contributed by atoms with Gasteiger partial charge in [-0.05, 0) is 51.4 Å². The van der Waals surface area contributed by atoms with Crippen molar-refractivity contribution < 1.29 is 58.6 Å². The molecule has 0 amide bonds. The molecule has 0 bridgehead atoms. The standard InChI is InChI=1S/2C14H20O6/c2*15-11(16)13(5-9-7-19-9)3-1-2-4-14(13,12(17)18)6-10-8-20-10/h2*9-10H,1-8H2,(H,15,16)(H,17,18). The second-order valence-corrected chi connectivity index (χ2v) is 12.6. The number of rotatable bonds is 12. The van der Waals surface area contributed by atoms with E-state index in [2.05, 4.69) is 0 Å². The molecule has 0 aromatic rings. The smallest absolute Gasteiger partial charge is 0.310 e. The van der Waals surface area contributed by atoms with Crippen LogP contribution in [0.1, 0.15) is 77.0 Å². The summed E-state index contributed by atoms with van der Waals surface area (Å²) in [5.74, 6) is -3.96. The lowest BCUT2D eigenvalue weighted by atomic mass is 9.52. The Morgan fingerprint density at radius 1 is 0.450 bits per heavy atom. The predicted molar refractivity (Wildman–Crippen MR) is 135 cm³/mol. The summed E-state index contributed by atoms with van der Waals surface area (Å²) >= 11 is 0. The highest BCUT2D eigenvalue weighted by atomic mass is 16.6. The van der Waals surface area contributed by atoms with Gasteiger partial charge in [0.1, 0.15) is 0 Å². The van der Waals surface area contributed by atoms with E-state index in [1.165, 1.54) is 0 Å². The molecule has 4 aliphatic heterocycles. The average molecular weight is 569 g/mol. The summed E-state index contributed by atoms with van der Waals surface area (Å²) in [7, 11) is 0. The van der Waals surface area contributed by atoms with Crippen molar-refractivity contribution in [3.8, 4) is 0 Å². The van der Waals surface area contributed by atoms with Gasteiger partial charge in [-0.1, -0.05) is 25.7 Å². The number of epoxide rings is 4. The van der Waals surface area contributed by atoms with Crippen LogP contribution in [0.5, 0.6) is 0 Å². The Morgan fingerprint density at radius 2 is 0.625 bits per heavy atom. The van der Waals surface area contributed by atoms with Crippen LogP contribution in [0.25, 0.3) is 0 Å². The van der Waals surface area contributed by atoms with Gasteiger partial charge in [-0.3, -0.25) is 19.2 Å². The van der Waals surface area contributed by atoms with Crippen LogP contribution in [-0.2, 0) is 38.1 Å². The first-order valence-electron chi connectivity index (χ1n) is 14.4. The first-order chi connectivity index (χ1) is 19.0. The van der Waals surface area contributed by atoms with Crippen molar-refractivity contribution in [2.75, 3.05) is 26.4 Å². The Labute approximate surface area is 232 Å². The number of hydrogen-bond donors (Lipinski definition) is 4.